The highest BCUT2D eigenvalue weighted by molar-refractivity contribution is 9.10. The van der Waals surface area contributed by atoms with Gasteiger partial charge in [0.15, 0.2) is 0 Å². The van der Waals surface area contributed by atoms with Gasteiger partial charge in [-0.15, -0.1) is 0 Å². The van der Waals surface area contributed by atoms with Gasteiger partial charge in [-0.25, -0.2) is 0 Å². The van der Waals surface area contributed by atoms with Crippen LogP contribution in [0.15, 0.2) is 53.0 Å². The Morgan fingerprint density at radius 1 is 1.14 bits per heavy atom. The van der Waals surface area contributed by atoms with Crippen molar-refractivity contribution in [1.29, 1.82) is 0 Å². The van der Waals surface area contributed by atoms with E-state index in [1.807, 2.05) is 48.5 Å². The van der Waals surface area contributed by atoms with Gasteiger partial charge >= 0.3 is 0 Å². The van der Waals surface area contributed by atoms with E-state index in [0.717, 1.165) is 28.0 Å². The van der Waals surface area contributed by atoms with E-state index in [0.29, 0.717) is 0 Å². The van der Waals surface area contributed by atoms with Gasteiger partial charge in [-0.1, -0.05) is 31.2 Å². The first-order valence-electron chi connectivity index (χ1n) is 6.96. The van der Waals surface area contributed by atoms with E-state index >= 15 is 0 Å². The third-order valence-corrected chi connectivity index (χ3v) is 4.03. The van der Waals surface area contributed by atoms with Crippen LogP contribution in [0.25, 0.3) is 0 Å². The Morgan fingerprint density at radius 3 is 2.57 bits per heavy atom. The summed E-state index contributed by atoms with van der Waals surface area (Å²) in [6.45, 7) is 2.06. The summed E-state index contributed by atoms with van der Waals surface area (Å²) < 4.78 is 12.4. The van der Waals surface area contributed by atoms with Crippen LogP contribution >= 0.6 is 15.9 Å². The lowest BCUT2D eigenvalue weighted by Crippen LogP contribution is -2.31. The number of halogens is 1. The van der Waals surface area contributed by atoms with E-state index < -0.39 is 0 Å². The van der Waals surface area contributed by atoms with Crippen molar-refractivity contribution in [3.8, 4) is 11.5 Å². The molecule has 21 heavy (non-hydrogen) atoms. The molecule has 2 aromatic rings. The Morgan fingerprint density at radius 2 is 1.90 bits per heavy atom. The van der Waals surface area contributed by atoms with Gasteiger partial charge in [0.05, 0.1) is 11.6 Å². The quantitative estimate of drug-likeness (QED) is 0.844. The summed E-state index contributed by atoms with van der Waals surface area (Å²) in [7, 11) is 1.66. The Kier molecular flexibility index (Phi) is 5.65. The minimum Gasteiger partial charge on any atom is -0.497 e. The van der Waals surface area contributed by atoms with Gasteiger partial charge in [0.25, 0.3) is 0 Å². The molecule has 0 amide bonds. The molecule has 112 valence electrons. The maximum Gasteiger partial charge on any atom is 0.139 e. The van der Waals surface area contributed by atoms with Crippen molar-refractivity contribution in [1.82, 2.24) is 0 Å². The molecule has 0 bridgehead atoms. The second-order valence-corrected chi connectivity index (χ2v) is 5.67. The molecule has 4 heteroatoms. The number of rotatable bonds is 6. The third kappa shape index (κ3) is 3.99. The van der Waals surface area contributed by atoms with E-state index in [-0.39, 0.29) is 12.1 Å². The second kappa shape index (κ2) is 7.48. The number of methoxy groups -OCH3 is 1. The number of ether oxygens (including phenoxy) is 2. The van der Waals surface area contributed by atoms with Crippen LogP contribution in [0.4, 0.5) is 0 Å². The molecule has 0 fully saturated rings. The lowest BCUT2D eigenvalue weighted by molar-refractivity contribution is 0.169. The Hall–Kier alpha value is -1.52. The second-order valence-electron chi connectivity index (χ2n) is 4.82. The monoisotopic (exact) mass is 349 g/mol. The molecule has 2 N–H and O–H groups in total. The number of hydrogen-bond acceptors (Lipinski definition) is 3. The minimum atomic E-state index is -0.219. The predicted octanol–water partition coefficient (Wildman–Crippen LogP) is 4.32. The van der Waals surface area contributed by atoms with Gasteiger partial charge in [-0.3, -0.25) is 0 Å². The summed E-state index contributed by atoms with van der Waals surface area (Å²) in [6, 6.07) is 15.5. The lowest BCUT2D eigenvalue weighted by Gasteiger charge is -2.25. The smallest absolute Gasteiger partial charge is 0.139 e. The van der Waals surface area contributed by atoms with Crippen molar-refractivity contribution in [2.45, 2.75) is 25.5 Å². The first-order chi connectivity index (χ1) is 10.2. The summed E-state index contributed by atoms with van der Waals surface area (Å²) in [5.41, 5.74) is 7.27. The van der Waals surface area contributed by atoms with E-state index in [4.69, 9.17) is 15.2 Å². The molecule has 0 aliphatic carbocycles. The molecule has 0 saturated carbocycles. The van der Waals surface area contributed by atoms with Crippen LogP contribution in [0.1, 0.15) is 25.0 Å². The first-order valence-corrected chi connectivity index (χ1v) is 7.75. The standard InChI is InChI=1S/C17H20BrNO2/c1-3-15(19)17(12-7-6-8-13(11-12)20-2)21-16-10-5-4-9-14(16)18/h4-11,15,17H,3,19H2,1-2H3. The van der Waals surface area contributed by atoms with Crippen LogP contribution in [-0.4, -0.2) is 13.2 Å². The van der Waals surface area contributed by atoms with Gasteiger partial charge in [-0.05, 0) is 52.2 Å². The fraction of sp³-hybridized carbons (Fsp3) is 0.294. The van der Waals surface area contributed by atoms with Gasteiger partial charge in [-0.2, -0.15) is 0 Å². The highest BCUT2D eigenvalue weighted by Crippen LogP contribution is 2.32. The van der Waals surface area contributed by atoms with Crippen LogP contribution in [0, 0.1) is 0 Å². The van der Waals surface area contributed by atoms with Gasteiger partial charge in [0.2, 0.25) is 0 Å². The Labute approximate surface area is 134 Å². The molecule has 2 aromatic carbocycles. The summed E-state index contributed by atoms with van der Waals surface area (Å²) >= 11 is 3.51. The molecule has 0 aromatic heterocycles. The molecule has 0 radical (unpaired) electrons. The summed E-state index contributed by atoms with van der Waals surface area (Å²) in [5, 5.41) is 0. The van der Waals surface area contributed by atoms with Crippen molar-refractivity contribution < 1.29 is 9.47 Å². The van der Waals surface area contributed by atoms with E-state index in [1.54, 1.807) is 7.11 Å². The highest BCUT2D eigenvalue weighted by Gasteiger charge is 2.21. The van der Waals surface area contributed by atoms with Crippen molar-refractivity contribution >= 4 is 15.9 Å². The van der Waals surface area contributed by atoms with Crippen LogP contribution in [-0.2, 0) is 0 Å². The maximum absolute atomic E-state index is 6.26. The normalized spacial score (nSPS) is 13.5. The average Bonchev–Trinajstić information content (AvgIpc) is 2.53. The van der Waals surface area contributed by atoms with Gasteiger partial charge < -0.3 is 15.2 Å². The number of benzene rings is 2. The number of hydrogen-bond donors (Lipinski definition) is 1. The zero-order chi connectivity index (χ0) is 15.2. The molecule has 0 spiro atoms. The van der Waals surface area contributed by atoms with E-state index in [2.05, 4.69) is 22.9 Å². The number of nitrogens with two attached hydrogens (primary N) is 1. The molecule has 2 atom stereocenters. The highest BCUT2D eigenvalue weighted by atomic mass is 79.9. The maximum atomic E-state index is 6.26. The Balaban J connectivity index is 2.32. The lowest BCUT2D eigenvalue weighted by atomic mass is 10.0. The van der Waals surface area contributed by atoms with Gasteiger partial charge in [0.1, 0.15) is 17.6 Å². The first kappa shape index (κ1) is 15.9. The minimum absolute atomic E-state index is 0.0933. The molecule has 0 saturated heterocycles. The zero-order valence-corrected chi connectivity index (χ0v) is 13.8. The molecule has 0 aliphatic heterocycles. The van der Waals surface area contributed by atoms with Crippen molar-refractivity contribution in [3.05, 3.63) is 58.6 Å². The largest absolute Gasteiger partial charge is 0.497 e. The molecular weight excluding hydrogens is 330 g/mol. The molecule has 3 nitrogen and oxygen atoms in total. The van der Waals surface area contributed by atoms with Crippen LogP contribution in [0.3, 0.4) is 0 Å². The van der Waals surface area contributed by atoms with Crippen LogP contribution in [0.2, 0.25) is 0 Å². The SMILES string of the molecule is CCC(N)C(Oc1ccccc1Br)c1cccc(OC)c1. The Bertz CT molecular complexity index is 589. The van der Waals surface area contributed by atoms with Crippen molar-refractivity contribution in [3.63, 3.8) is 0 Å². The molecule has 0 aliphatic rings. The van der Waals surface area contributed by atoms with E-state index in [9.17, 15) is 0 Å². The van der Waals surface area contributed by atoms with Crippen LogP contribution in [0.5, 0.6) is 11.5 Å². The third-order valence-electron chi connectivity index (χ3n) is 3.37. The zero-order valence-electron chi connectivity index (χ0n) is 12.3. The summed E-state index contributed by atoms with van der Waals surface area (Å²) in [4.78, 5) is 0. The molecular formula is C17H20BrNO2. The van der Waals surface area contributed by atoms with Gasteiger partial charge in [0, 0.05) is 6.04 Å². The fourth-order valence-electron chi connectivity index (χ4n) is 2.11. The number of para-hydroxylation sites is 1. The average molecular weight is 350 g/mol. The van der Waals surface area contributed by atoms with E-state index in [1.165, 1.54) is 0 Å². The summed E-state index contributed by atoms with van der Waals surface area (Å²) in [6.07, 6.45) is 0.607. The van der Waals surface area contributed by atoms with Crippen molar-refractivity contribution in [2.75, 3.05) is 7.11 Å². The predicted molar refractivity (Wildman–Crippen MR) is 88.8 cm³/mol. The topological polar surface area (TPSA) is 44.5 Å². The molecule has 0 heterocycles. The van der Waals surface area contributed by atoms with Crippen LogP contribution < -0.4 is 15.2 Å². The van der Waals surface area contributed by atoms with Crippen molar-refractivity contribution in [2.24, 2.45) is 5.73 Å². The summed E-state index contributed by atoms with van der Waals surface area (Å²) in [5.74, 6) is 1.59. The molecule has 2 rings (SSSR count). The molecule has 2 unspecified atom stereocenters. The fourth-order valence-corrected chi connectivity index (χ4v) is 2.49.